The molecule has 1 nitrogen and oxygen atoms in total. The van der Waals surface area contributed by atoms with Crippen LogP contribution in [0.5, 0.6) is 0 Å². The zero-order chi connectivity index (χ0) is 5.98. The van der Waals surface area contributed by atoms with Gasteiger partial charge in [0, 0.05) is 6.20 Å². The molecule has 1 aromatic rings. The van der Waals surface area contributed by atoms with Gasteiger partial charge in [0.1, 0.15) is 5.15 Å². The summed E-state index contributed by atoms with van der Waals surface area (Å²) in [6.07, 6.45) is 1.50. The van der Waals surface area contributed by atoms with E-state index in [-0.39, 0.29) is 31.0 Å². The molecule has 0 aliphatic carbocycles. The maximum Gasteiger partial charge on any atom is 1.00 e. The molecule has 0 saturated carbocycles. The van der Waals surface area contributed by atoms with E-state index in [1.165, 1.54) is 6.20 Å². The summed E-state index contributed by atoms with van der Waals surface area (Å²) in [5.74, 6) is 0. The monoisotopic (exact) mass is 171 g/mol. The summed E-state index contributed by atoms with van der Waals surface area (Å²) in [5.41, 5.74) is 0. The average Bonchev–Trinajstić information content (AvgIpc) is 1.77. The molecule has 0 fully saturated rings. The van der Waals surface area contributed by atoms with Crippen molar-refractivity contribution in [3.05, 3.63) is 28.5 Å². The quantitative estimate of drug-likeness (QED) is 0.380. The first-order valence-corrected chi connectivity index (χ1v) is 2.82. The number of hydrogen-bond donors (Lipinski definition) is 0. The van der Waals surface area contributed by atoms with Crippen LogP contribution in [-0.2, 0) is 0 Å². The maximum atomic E-state index is 5.49. The molecule has 0 saturated heterocycles. The zero-order valence-electron chi connectivity index (χ0n) is 5.94. The fraction of sp³-hybridized carbons (Fsp3) is 0. The average molecular weight is 172 g/mol. The van der Waals surface area contributed by atoms with Crippen LogP contribution >= 0.6 is 23.2 Å². The third kappa shape index (κ3) is 3.43. The largest absolute Gasteiger partial charge is 1.00 e. The Bertz CT molecular complexity index is 159. The fourth-order valence-electron chi connectivity index (χ4n) is 0.358. The normalized spacial score (nSPS) is 8.22. The van der Waals surface area contributed by atoms with Crippen molar-refractivity contribution in [3.63, 3.8) is 0 Å². The van der Waals surface area contributed by atoms with Gasteiger partial charge in [-0.05, 0) is 12.1 Å². The van der Waals surface area contributed by atoms with Crippen molar-refractivity contribution in [2.24, 2.45) is 0 Å². The second kappa shape index (κ2) is 4.53. The van der Waals surface area contributed by atoms with Crippen LogP contribution in [-0.4, -0.2) is 4.98 Å². The first-order chi connectivity index (χ1) is 3.79. The second-order valence-electron chi connectivity index (χ2n) is 1.30. The van der Waals surface area contributed by atoms with Crippen molar-refractivity contribution < 1.29 is 31.0 Å². The van der Waals surface area contributed by atoms with Gasteiger partial charge in [0.15, 0.2) is 0 Å². The summed E-state index contributed by atoms with van der Waals surface area (Å²) in [6, 6.07) is 3.33. The predicted molar refractivity (Wildman–Crippen MR) is 35.4 cm³/mol. The number of halogens is 2. The fourth-order valence-corrected chi connectivity index (χ4v) is 0.581. The number of rotatable bonds is 0. The van der Waals surface area contributed by atoms with E-state index in [0.29, 0.717) is 10.2 Å². The Kier molecular flexibility index (Phi) is 4.90. The first kappa shape index (κ1) is 9.73. The number of aromatic nitrogens is 1. The molecule has 44 valence electrons. The molecular formula is C5H4Cl2NNa. The van der Waals surface area contributed by atoms with E-state index in [1.54, 1.807) is 12.1 Å². The molecule has 0 unspecified atom stereocenters. The van der Waals surface area contributed by atoms with Gasteiger partial charge in [0.05, 0.1) is 5.02 Å². The van der Waals surface area contributed by atoms with Crippen LogP contribution in [0.1, 0.15) is 1.43 Å². The minimum atomic E-state index is 0. The van der Waals surface area contributed by atoms with E-state index < -0.39 is 0 Å². The Labute approximate surface area is 87.2 Å². The number of pyridine rings is 1. The van der Waals surface area contributed by atoms with Crippen molar-refractivity contribution in [3.8, 4) is 0 Å². The molecule has 0 N–H and O–H groups in total. The molecule has 0 aromatic carbocycles. The smallest absolute Gasteiger partial charge is 1.00 e. The standard InChI is InChI=1S/C5H3Cl2N.Na.H/c6-4-1-2-5(7)8-3-4;;/h1-3H;;/q;+1;-1. The minimum Gasteiger partial charge on any atom is -1.00 e. The van der Waals surface area contributed by atoms with E-state index in [1.807, 2.05) is 0 Å². The van der Waals surface area contributed by atoms with Crippen LogP contribution in [0.4, 0.5) is 0 Å². The van der Waals surface area contributed by atoms with Crippen LogP contribution in [0.2, 0.25) is 10.2 Å². The molecule has 0 aliphatic heterocycles. The van der Waals surface area contributed by atoms with Crippen molar-refractivity contribution in [2.45, 2.75) is 0 Å². The zero-order valence-corrected chi connectivity index (χ0v) is 8.45. The minimum absolute atomic E-state index is 0. The molecule has 1 heterocycles. The summed E-state index contributed by atoms with van der Waals surface area (Å²) < 4.78 is 0. The molecule has 0 aliphatic rings. The third-order valence-electron chi connectivity index (χ3n) is 0.691. The Balaban J connectivity index is 0. The number of hydrogen-bond acceptors (Lipinski definition) is 1. The Hall–Kier alpha value is 0.730. The molecule has 1 rings (SSSR count). The molecule has 0 radical (unpaired) electrons. The predicted octanol–water partition coefficient (Wildman–Crippen LogP) is -0.495. The summed E-state index contributed by atoms with van der Waals surface area (Å²) in [6.45, 7) is 0. The van der Waals surface area contributed by atoms with Gasteiger partial charge < -0.3 is 1.43 Å². The third-order valence-corrected chi connectivity index (χ3v) is 1.14. The Morgan fingerprint density at radius 2 is 2.00 bits per heavy atom. The van der Waals surface area contributed by atoms with Crippen molar-refractivity contribution in [2.75, 3.05) is 0 Å². The van der Waals surface area contributed by atoms with Crippen molar-refractivity contribution in [1.82, 2.24) is 4.98 Å². The van der Waals surface area contributed by atoms with E-state index in [2.05, 4.69) is 4.98 Å². The molecule has 9 heavy (non-hydrogen) atoms. The second-order valence-corrected chi connectivity index (χ2v) is 2.12. The van der Waals surface area contributed by atoms with Gasteiger partial charge in [-0.1, -0.05) is 23.2 Å². The van der Waals surface area contributed by atoms with Crippen LogP contribution in [0.3, 0.4) is 0 Å². The molecule has 0 spiro atoms. The summed E-state index contributed by atoms with van der Waals surface area (Å²) >= 11 is 10.9. The number of nitrogens with zero attached hydrogens (tertiary/aromatic N) is 1. The summed E-state index contributed by atoms with van der Waals surface area (Å²) in [5, 5.41) is 1.07. The van der Waals surface area contributed by atoms with E-state index in [4.69, 9.17) is 23.2 Å². The molecule has 0 bridgehead atoms. The summed E-state index contributed by atoms with van der Waals surface area (Å²) in [4.78, 5) is 3.71. The summed E-state index contributed by atoms with van der Waals surface area (Å²) in [7, 11) is 0. The van der Waals surface area contributed by atoms with Gasteiger partial charge in [-0.15, -0.1) is 0 Å². The van der Waals surface area contributed by atoms with Gasteiger partial charge in [0.2, 0.25) is 0 Å². The molecule has 1 aromatic heterocycles. The van der Waals surface area contributed by atoms with Crippen LogP contribution < -0.4 is 29.6 Å². The first-order valence-electron chi connectivity index (χ1n) is 2.06. The van der Waals surface area contributed by atoms with Crippen molar-refractivity contribution >= 4 is 23.2 Å². The Morgan fingerprint density at radius 1 is 1.33 bits per heavy atom. The molecule has 0 atom stereocenters. The van der Waals surface area contributed by atoms with E-state index in [0.717, 1.165) is 0 Å². The van der Waals surface area contributed by atoms with Gasteiger partial charge in [0.25, 0.3) is 0 Å². The van der Waals surface area contributed by atoms with Crippen LogP contribution in [0.15, 0.2) is 18.3 Å². The molecular weight excluding hydrogens is 168 g/mol. The van der Waals surface area contributed by atoms with Crippen molar-refractivity contribution in [1.29, 1.82) is 0 Å². The maximum absolute atomic E-state index is 5.49. The van der Waals surface area contributed by atoms with Gasteiger partial charge in [-0.2, -0.15) is 0 Å². The Morgan fingerprint density at radius 3 is 2.33 bits per heavy atom. The molecule has 0 amide bonds. The van der Waals surface area contributed by atoms with Gasteiger partial charge in [-0.25, -0.2) is 4.98 Å². The van der Waals surface area contributed by atoms with Crippen LogP contribution in [0.25, 0.3) is 0 Å². The van der Waals surface area contributed by atoms with Crippen LogP contribution in [0, 0.1) is 0 Å². The molecule has 4 heteroatoms. The van der Waals surface area contributed by atoms with E-state index >= 15 is 0 Å². The van der Waals surface area contributed by atoms with Gasteiger partial charge >= 0.3 is 29.6 Å². The van der Waals surface area contributed by atoms with Gasteiger partial charge in [-0.3, -0.25) is 0 Å². The SMILES string of the molecule is Clc1ccc(Cl)nc1.[H-].[Na+]. The topological polar surface area (TPSA) is 12.9 Å². The van der Waals surface area contributed by atoms with E-state index in [9.17, 15) is 0 Å².